The average molecular weight is 448 g/mol. The van der Waals surface area contributed by atoms with Crippen molar-refractivity contribution in [2.75, 3.05) is 13.1 Å². The van der Waals surface area contributed by atoms with E-state index in [1.54, 1.807) is 24.0 Å². The van der Waals surface area contributed by atoms with Crippen molar-refractivity contribution >= 4 is 17.7 Å². The van der Waals surface area contributed by atoms with Crippen LogP contribution in [-0.4, -0.2) is 29.7 Å². The summed E-state index contributed by atoms with van der Waals surface area (Å²) in [4.78, 5) is 14.2. The molecule has 0 radical (unpaired) electrons. The molecule has 5 nitrogen and oxygen atoms in total. The van der Waals surface area contributed by atoms with E-state index >= 15 is 0 Å². The summed E-state index contributed by atoms with van der Waals surface area (Å²) in [7, 11) is 0. The van der Waals surface area contributed by atoms with Crippen molar-refractivity contribution in [1.82, 2.24) is 4.90 Å². The molecule has 2 aromatic rings. The van der Waals surface area contributed by atoms with Gasteiger partial charge in [0.1, 0.15) is 17.2 Å². The minimum Gasteiger partial charge on any atom is -0.458 e. The van der Waals surface area contributed by atoms with E-state index < -0.39 is 17.2 Å². The van der Waals surface area contributed by atoms with E-state index in [9.17, 15) is 9.18 Å². The van der Waals surface area contributed by atoms with Gasteiger partial charge in [0.25, 0.3) is 0 Å². The van der Waals surface area contributed by atoms with Crippen molar-refractivity contribution in [2.45, 2.75) is 51.6 Å². The van der Waals surface area contributed by atoms with Gasteiger partial charge in [-0.1, -0.05) is 29.8 Å². The number of likely N-dealkylation sites (tertiary alicyclic amines) is 1. The van der Waals surface area contributed by atoms with Crippen LogP contribution in [0.5, 0.6) is 5.75 Å². The van der Waals surface area contributed by atoms with Crippen molar-refractivity contribution < 1.29 is 23.4 Å². The number of hydrogen-bond donors (Lipinski definition) is 0. The van der Waals surface area contributed by atoms with E-state index in [2.05, 4.69) is 0 Å². The Kier molecular flexibility index (Phi) is 5.64. The molecule has 3 unspecified atom stereocenters. The second-order valence-electron chi connectivity index (χ2n) is 9.22. The van der Waals surface area contributed by atoms with E-state index in [1.807, 2.05) is 45.0 Å². The third-order valence-corrected chi connectivity index (χ3v) is 5.84. The largest absolute Gasteiger partial charge is 0.458 e. The molecule has 0 saturated carbocycles. The van der Waals surface area contributed by atoms with Crippen LogP contribution in [0.3, 0.4) is 0 Å². The number of nitrogens with zero attached hydrogens (tertiary/aromatic N) is 1. The zero-order valence-electron chi connectivity index (χ0n) is 18.2. The van der Waals surface area contributed by atoms with Gasteiger partial charge in [-0.2, -0.15) is 0 Å². The van der Waals surface area contributed by atoms with E-state index in [1.165, 1.54) is 6.07 Å². The van der Waals surface area contributed by atoms with Crippen LogP contribution in [0, 0.1) is 11.7 Å². The summed E-state index contributed by atoms with van der Waals surface area (Å²) < 4.78 is 32.9. The van der Waals surface area contributed by atoms with Gasteiger partial charge in [-0.15, -0.1) is 0 Å². The van der Waals surface area contributed by atoms with Crippen LogP contribution in [0.25, 0.3) is 0 Å². The Balaban J connectivity index is 1.62. The first kappa shape index (κ1) is 21.9. The quantitative estimate of drug-likeness (QED) is 0.561. The first-order valence-corrected chi connectivity index (χ1v) is 10.8. The predicted octanol–water partition coefficient (Wildman–Crippen LogP) is 6.06. The minimum absolute atomic E-state index is 0.0206. The number of carbonyl (C=O) groups is 1. The zero-order valence-corrected chi connectivity index (χ0v) is 18.9. The van der Waals surface area contributed by atoms with Crippen LogP contribution in [0.2, 0.25) is 5.02 Å². The monoisotopic (exact) mass is 447 g/mol. The number of benzene rings is 2. The summed E-state index contributed by atoms with van der Waals surface area (Å²) in [6.07, 6.45) is 0.0524. The summed E-state index contributed by atoms with van der Waals surface area (Å²) in [5.41, 5.74) is 0.616. The van der Waals surface area contributed by atoms with E-state index in [0.717, 1.165) is 12.0 Å². The molecule has 1 fully saturated rings. The van der Waals surface area contributed by atoms with Crippen LogP contribution in [0.4, 0.5) is 9.18 Å². The van der Waals surface area contributed by atoms with Crippen LogP contribution in [0.1, 0.15) is 51.3 Å². The van der Waals surface area contributed by atoms with Gasteiger partial charge in [-0.25, -0.2) is 9.18 Å². The predicted molar refractivity (Wildman–Crippen MR) is 116 cm³/mol. The fourth-order valence-electron chi connectivity index (χ4n) is 4.20. The fourth-order valence-corrected chi connectivity index (χ4v) is 4.36. The Hall–Kier alpha value is -2.31. The highest BCUT2D eigenvalue weighted by molar-refractivity contribution is 6.30. The van der Waals surface area contributed by atoms with Crippen molar-refractivity contribution in [2.24, 2.45) is 5.92 Å². The second-order valence-corrected chi connectivity index (χ2v) is 9.66. The lowest BCUT2D eigenvalue weighted by Gasteiger charge is -2.42. The van der Waals surface area contributed by atoms with Crippen molar-refractivity contribution in [1.29, 1.82) is 0 Å². The van der Waals surface area contributed by atoms with Crippen molar-refractivity contribution in [3.05, 3.63) is 64.4 Å². The highest BCUT2D eigenvalue weighted by Crippen LogP contribution is 2.48. The van der Waals surface area contributed by atoms with Crippen molar-refractivity contribution in [3.8, 4) is 5.75 Å². The van der Waals surface area contributed by atoms with Gasteiger partial charge in [0.2, 0.25) is 5.79 Å². The zero-order chi connectivity index (χ0) is 22.4. The maximum absolute atomic E-state index is 14.8. The third-order valence-electron chi connectivity index (χ3n) is 5.61. The maximum atomic E-state index is 14.8. The molecular formula is C24H27ClFNO4. The van der Waals surface area contributed by atoms with Gasteiger partial charge in [-0.05, 0) is 51.5 Å². The molecule has 31 heavy (non-hydrogen) atoms. The molecule has 0 aromatic heterocycles. The lowest BCUT2D eigenvalue weighted by Crippen LogP contribution is -2.41. The topological polar surface area (TPSA) is 48.0 Å². The second kappa shape index (κ2) is 7.99. The molecule has 2 aliphatic rings. The number of ether oxygens (including phenoxy) is 3. The first-order chi connectivity index (χ1) is 14.6. The number of carbonyl (C=O) groups excluding carboxylic acids is 1. The summed E-state index contributed by atoms with van der Waals surface area (Å²) in [5.74, 6) is -1.15. The fraction of sp³-hybridized carbons (Fsp3) is 0.458. The van der Waals surface area contributed by atoms with Crippen LogP contribution >= 0.6 is 11.6 Å². The van der Waals surface area contributed by atoms with Gasteiger partial charge >= 0.3 is 6.09 Å². The molecule has 2 heterocycles. The van der Waals surface area contributed by atoms with Gasteiger partial charge in [0, 0.05) is 36.5 Å². The SMILES string of the molecule is CC(C)(C)OC(=O)N1CCC(C2OC(C)(c3ccc(Cl)cc3F)Oc3ccccc32)C1. The van der Waals surface area contributed by atoms with Crippen molar-refractivity contribution in [3.63, 3.8) is 0 Å². The van der Waals surface area contributed by atoms with Gasteiger partial charge in [0.05, 0.1) is 11.7 Å². The molecule has 0 bridgehead atoms. The number of halogens is 2. The number of para-hydroxylation sites is 1. The van der Waals surface area contributed by atoms with E-state index in [-0.39, 0.29) is 23.7 Å². The number of amides is 1. The van der Waals surface area contributed by atoms with Crippen LogP contribution in [0.15, 0.2) is 42.5 Å². The molecule has 0 N–H and O–H groups in total. The number of hydrogen-bond acceptors (Lipinski definition) is 4. The summed E-state index contributed by atoms with van der Waals surface area (Å²) in [5, 5.41) is 0.307. The Morgan fingerprint density at radius 2 is 2.00 bits per heavy atom. The Morgan fingerprint density at radius 3 is 2.71 bits per heavy atom. The summed E-state index contributed by atoms with van der Waals surface area (Å²) in [6.45, 7) is 8.33. The van der Waals surface area contributed by atoms with Gasteiger partial charge < -0.3 is 19.1 Å². The Labute approximate surface area is 187 Å². The Morgan fingerprint density at radius 1 is 1.26 bits per heavy atom. The maximum Gasteiger partial charge on any atom is 0.410 e. The van der Waals surface area contributed by atoms with E-state index in [0.29, 0.717) is 23.9 Å². The lowest BCUT2D eigenvalue weighted by molar-refractivity contribution is -0.239. The van der Waals surface area contributed by atoms with Crippen LogP contribution in [-0.2, 0) is 15.3 Å². The molecule has 2 aliphatic heterocycles. The van der Waals surface area contributed by atoms with Gasteiger partial charge in [-0.3, -0.25) is 0 Å². The number of rotatable bonds is 2. The molecule has 166 valence electrons. The highest BCUT2D eigenvalue weighted by Gasteiger charge is 2.46. The molecule has 4 rings (SSSR count). The van der Waals surface area contributed by atoms with E-state index in [4.69, 9.17) is 25.8 Å². The average Bonchev–Trinajstić information content (AvgIpc) is 3.16. The van der Waals surface area contributed by atoms with Gasteiger partial charge in [0.15, 0.2) is 0 Å². The normalized spacial score (nSPS) is 25.7. The molecule has 7 heteroatoms. The highest BCUT2D eigenvalue weighted by atomic mass is 35.5. The Bertz CT molecular complexity index is 992. The molecule has 0 aliphatic carbocycles. The first-order valence-electron chi connectivity index (χ1n) is 10.4. The van der Waals surface area contributed by atoms with Crippen LogP contribution < -0.4 is 4.74 Å². The molecular weight excluding hydrogens is 421 g/mol. The standard InChI is InChI=1S/C24H27ClFNO4/c1-23(2,3)31-22(28)27-12-11-15(14-27)21-17-7-5-6-8-20(17)29-24(4,30-21)18-10-9-16(25)13-19(18)26/h5-10,13,15,21H,11-12,14H2,1-4H3. The smallest absolute Gasteiger partial charge is 0.410 e. The molecule has 1 amide bonds. The molecule has 0 spiro atoms. The summed E-state index contributed by atoms with van der Waals surface area (Å²) in [6, 6.07) is 12.1. The summed E-state index contributed by atoms with van der Waals surface area (Å²) >= 11 is 5.94. The third kappa shape index (κ3) is 4.51. The molecule has 1 saturated heterocycles. The molecule has 2 aromatic carbocycles. The minimum atomic E-state index is -1.33. The number of fused-ring (bicyclic) bond motifs is 1. The molecule has 3 atom stereocenters. The lowest BCUT2D eigenvalue weighted by atomic mass is 9.91.